The molecule has 1 heterocycles. The third-order valence-electron chi connectivity index (χ3n) is 4.32. The number of anilines is 1. The molecule has 1 atom stereocenters. The van der Waals surface area contributed by atoms with E-state index in [0.717, 1.165) is 11.3 Å². The van der Waals surface area contributed by atoms with Crippen LogP contribution in [-0.2, 0) is 14.3 Å². The molecule has 1 amide bonds. The van der Waals surface area contributed by atoms with Crippen molar-refractivity contribution in [1.29, 1.82) is 0 Å². The van der Waals surface area contributed by atoms with Crippen molar-refractivity contribution in [3.63, 3.8) is 0 Å². The van der Waals surface area contributed by atoms with Gasteiger partial charge in [0.15, 0.2) is 6.61 Å². The molecule has 0 radical (unpaired) electrons. The van der Waals surface area contributed by atoms with Gasteiger partial charge in [0.05, 0.1) is 5.92 Å². The molecular formula is C20H18BrNO4. The van der Waals surface area contributed by atoms with E-state index < -0.39 is 11.9 Å². The predicted octanol–water partition coefficient (Wildman–Crippen LogP) is 3.54. The number of Topliss-reactive ketones (excluding diaryl/α,β-unsaturated/α-hetero) is 1. The number of aryl methyl sites for hydroxylation is 1. The van der Waals surface area contributed by atoms with E-state index in [4.69, 9.17) is 4.74 Å². The van der Waals surface area contributed by atoms with E-state index >= 15 is 0 Å². The maximum absolute atomic E-state index is 12.3. The van der Waals surface area contributed by atoms with Crippen molar-refractivity contribution in [3.8, 4) is 0 Å². The van der Waals surface area contributed by atoms with Gasteiger partial charge in [0.25, 0.3) is 0 Å². The summed E-state index contributed by atoms with van der Waals surface area (Å²) in [4.78, 5) is 38.3. The number of ketones is 1. The first-order chi connectivity index (χ1) is 12.5. The van der Waals surface area contributed by atoms with Crippen LogP contribution in [0.2, 0.25) is 0 Å². The minimum atomic E-state index is -0.559. The number of carbonyl (C=O) groups is 3. The Labute approximate surface area is 160 Å². The van der Waals surface area contributed by atoms with Crippen LogP contribution in [0.1, 0.15) is 22.3 Å². The minimum Gasteiger partial charge on any atom is -0.457 e. The van der Waals surface area contributed by atoms with Gasteiger partial charge in [-0.2, -0.15) is 0 Å². The zero-order valence-electron chi connectivity index (χ0n) is 14.3. The molecule has 0 bridgehead atoms. The van der Waals surface area contributed by atoms with Gasteiger partial charge in [0.2, 0.25) is 11.7 Å². The molecule has 0 aliphatic carbocycles. The van der Waals surface area contributed by atoms with Gasteiger partial charge in [0.1, 0.15) is 0 Å². The lowest BCUT2D eigenvalue weighted by molar-refractivity contribution is -0.147. The van der Waals surface area contributed by atoms with Gasteiger partial charge in [-0.15, -0.1) is 0 Å². The molecule has 2 aromatic carbocycles. The Morgan fingerprint density at radius 3 is 2.54 bits per heavy atom. The molecule has 0 saturated carbocycles. The Hall–Kier alpha value is -2.47. The molecule has 1 saturated heterocycles. The summed E-state index contributed by atoms with van der Waals surface area (Å²) in [6.07, 6.45) is 0.0932. The average Bonchev–Trinajstić information content (AvgIpc) is 3.02. The van der Waals surface area contributed by atoms with E-state index in [1.54, 1.807) is 29.2 Å². The van der Waals surface area contributed by atoms with E-state index in [1.807, 2.05) is 31.2 Å². The molecule has 6 heteroatoms. The van der Waals surface area contributed by atoms with E-state index in [9.17, 15) is 14.4 Å². The van der Waals surface area contributed by atoms with E-state index in [1.165, 1.54) is 0 Å². The molecule has 134 valence electrons. The lowest BCUT2D eigenvalue weighted by atomic mass is 10.1. The van der Waals surface area contributed by atoms with Crippen molar-refractivity contribution in [3.05, 3.63) is 64.1 Å². The normalized spacial score (nSPS) is 16.6. The van der Waals surface area contributed by atoms with Crippen LogP contribution < -0.4 is 4.90 Å². The number of amides is 1. The van der Waals surface area contributed by atoms with Crippen molar-refractivity contribution in [2.75, 3.05) is 18.1 Å². The third-order valence-corrected chi connectivity index (χ3v) is 5.02. The topological polar surface area (TPSA) is 63.7 Å². The first-order valence-electron chi connectivity index (χ1n) is 8.27. The largest absolute Gasteiger partial charge is 0.457 e. The fourth-order valence-corrected chi connectivity index (χ4v) is 3.37. The summed E-state index contributed by atoms with van der Waals surface area (Å²) >= 11 is 3.30. The summed E-state index contributed by atoms with van der Waals surface area (Å²) in [5.74, 6) is -1.48. The summed E-state index contributed by atoms with van der Waals surface area (Å²) in [5, 5.41) is 0. The number of carbonyl (C=O) groups excluding carboxylic acids is 3. The zero-order chi connectivity index (χ0) is 18.7. The number of hydrogen-bond acceptors (Lipinski definition) is 4. The summed E-state index contributed by atoms with van der Waals surface area (Å²) < 4.78 is 5.82. The van der Waals surface area contributed by atoms with Crippen molar-refractivity contribution in [2.45, 2.75) is 13.3 Å². The van der Waals surface area contributed by atoms with Crippen molar-refractivity contribution in [2.24, 2.45) is 5.92 Å². The Kier molecular flexibility index (Phi) is 5.52. The van der Waals surface area contributed by atoms with Crippen LogP contribution in [0.3, 0.4) is 0 Å². The molecule has 0 N–H and O–H groups in total. The molecule has 5 nitrogen and oxygen atoms in total. The predicted molar refractivity (Wildman–Crippen MR) is 101 cm³/mol. The van der Waals surface area contributed by atoms with Crippen LogP contribution in [-0.4, -0.2) is 30.8 Å². The third kappa shape index (κ3) is 4.02. The molecule has 2 aromatic rings. The van der Waals surface area contributed by atoms with Gasteiger partial charge in [-0.05, 0) is 25.1 Å². The number of halogens is 1. The van der Waals surface area contributed by atoms with Crippen LogP contribution >= 0.6 is 15.9 Å². The van der Waals surface area contributed by atoms with E-state index in [2.05, 4.69) is 15.9 Å². The quantitative estimate of drug-likeness (QED) is 0.553. The summed E-state index contributed by atoms with van der Waals surface area (Å²) in [6.45, 7) is 1.90. The highest BCUT2D eigenvalue weighted by atomic mass is 79.9. The monoisotopic (exact) mass is 415 g/mol. The lowest BCUT2D eigenvalue weighted by Crippen LogP contribution is -2.27. The molecule has 1 aliphatic rings. The molecule has 1 unspecified atom stereocenters. The van der Waals surface area contributed by atoms with Gasteiger partial charge in [-0.3, -0.25) is 14.4 Å². The number of rotatable bonds is 5. The smallest absolute Gasteiger partial charge is 0.311 e. The fourth-order valence-electron chi connectivity index (χ4n) is 2.86. The molecule has 3 rings (SSSR count). The first kappa shape index (κ1) is 18.3. The Morgan fingerprint density at radius 1 is 1.15 bits per heavy atom. The van der Waals surface area contributed by atoms with Gasteiger partial charge in [-0.1, -0.05) is 51.8 Å². The van der Waals surface area contributed by atoms with Crippen LogP contribution in [0, 0.1) is 12.8 Å². The van der Waals surface area contributed by atoms with Crippen LogP contribution in [0.15, 0.2) is 53.0 Å². The summed E-state index contributed by atoms with van der Waals surface area (Å²) in [6, 6.07) is 14.5. The molecule has 0 spiro atoms. The second kappa shape index (κ2) is 7.83. The van der Waals surface area contributed by atoms with Gasteiger partial charge >= 0.3 is 5.97 Å². The average molecular weight is 416 g/mol. The second-order valence-corrected chi connectivity index (χ2v) is 7.11. The number of esters is 1. The lowest BCUT2D eigenvalue weighted by Gasteiger charge is -2.16. The molecule has 1 aliphatic heterocycles. The number of nitrogens with zero attached hydrogens (tertiary/aromatic N) is 1. The van der Waals surface area contributed by atoms with Crippen LogP contribution in [0.25, 0.3) is 0 Å². The first-order valence-corrected chi connectivity index (χ1v) is 9.06. The van der Waals surface area contributed by atoms with Crippen LogP contribution in [0.4, 0.5) is 5.69 Å². The second-order valence-electron chi connectivity index (χ2n) is 6.25. The standard InChI is InChI=1S/C20H18BrNO4/c1-13-6-8-15(9-7-13)22-11-14(10-19(22)24)20(25)26-12-18(23)16-4-2-3-5-17(16)21/h2-9,14H,10-12H2,1H3. The Balaban J connectivity index is 1.59. The van der Waals surface area contributed by atoms with E-state index in [0.29, 0.717) is 10.0 Å². The summed E-state index contributed by atoms with van der Waals surface area (Å²) in [7, 11) is 0. The number of hydrogen-bond donors (Lipinski definition) is 0. The zero-order valence-corrected chi connectivity index (χ0v) is 15.9. The molecule has 0 aromatic heterocycles. The molecular weight excluding hydrogens is 398 g/mol. The maximum Gasteiger partial charge on any atom is 0.311 e. The molecule has 1 fully saturated rings. The van der Waals surface area contributed by atoms with Gasteiger partial charge < -0.3 is 9.64 Å². The number of ether oxygens (including phenoxy) is 1. The fraction of sp³-hybridized carbons (Fsp3) is 0.250. The minimum absolute atomic E-state index is 0.0932. The van der Waals surface area contributed by atoms with Crippen LogP contribution in [0.5, 0.6) is 0 Å². The highest BCUT2D eigenvalue weighted by Gasteiger charge is 2.36. The van der Waals surface area contributed by atoms with Gasteiger partial charge in [0, 0.05) is 28.7 Å². The van der Waals surface area contributed by atoms with Gasteiger partial charge in [-0.25, -0.2) is 0 Å². The van der Waals surface area contributed by atoms with Crippen molar-refractivity contribution >= 4 is 39.3 Å². The van der Waals surface area contributed by atoms with Crippen molar-refractivity contribution in [1.82, 2.24) is 0 Å². The highest BCUT2D eigenvalue weighted by molar-refractivity contribution is 9.10. The number of benzene rings is 2. The Morgan fingerprint density at radius 2 is 1.85 bits per heavy atom. The Bertz CT molecular complexity index is 847. The van der Waals surface area contributed by atoms with E-state index in [-0.39, 0.29) is 31.3 Å². The maximum atomic E-state index is 12.3. The summed E-state index contributed by atoms with van der Waals surface area (Å²) in [5.41, 5.74) is 2.33. The highest BCUT2D eigenvalue weighted by Crippen LogP contribution is 2.26. The van der Waals surface area contributed by atoms with Crippen molar-refractivity contribution < 1.29 is 19.1 Å². The molecule has 26 heavy (non-hydrogen) atoms. The SMILES string of the molecule is Cc1ccc(N2CC(C(=O)OCC(=O)c3ccccc3Br)CC2=O)cc1.